The van der Waals surface area contributed by atoms with Crippen molar-refractivity contribution in [3.05, 3.63) is 34.3 Å². The van der Waals surface area contributed by atoms with Crippen molar-refractivity contribution in [2.75, 3.05) is 20.1 Å². The van der Waals surface area contributed by atoms with Crippen LogP contribution in [-0.2, 0) is 0 Å². The Labute approximate surface area is 125 Å². The minimum absolute atomic E-state index is 0.333. The summed E-state index contributed by atoms with van der Waals surface area (Å²) in [5.41, 5.74) is 7.32. The first kappa shape index (κ1) is 15.0. The third kappa shape index (κ3) is 4.30. The fraction of sp³-hybridized carbons (Fsp3) is 0.625. The van der Waals surface area contributed by atoms with Crippen LogP contribution in [0.3, 0.4) is 0 Å². The van der Waals surface area contributed by atoms with Gasteiger partial charge in [0.2, 0.25) is 0 Å². The molecular formula is C16H25BrN2. The number of hydrogen-bond acceptors (Lipinski definition) is 2. The molecule has 3 heteroatoms. The van der Waals surface area contributed by atoms with Crippen molar-refractivity contribution < 1.29 is 0 Å². The Morgan fingerprint density at radius 2 is 2.05 bits per heavy atom. The molecular weight excluding hydrogens is 300 g/mol. The standard InChI is InChI=1S/C16H25BrN2/c1-19(12-13-6-3-2-4-7-13)16(11-18)14-8-5-9-15(17)10-14/h5,8-10,13,16H,2-4,6-7,11-12,18H2,1H3. The highest BCUT2D eigenvalue weighted by Gasteiger charge is 2.21. The van der Waals surface area contributed by atoms with Gasteiger partial charge in [-0.2, -0.15) is 0 Å². The van der Waals surface area contributed by atoms with Gasteiger partial charge in [0, 0.05) is 23.6 Å². The molecule has 0 aliphatic heterocycles. The molecule has 1 aliphatic rings. The van der Waals surface area contributed by atoms with Gasteiger partial charge in [-0.3, -0.25) is 4.90 Å². The number of likely N-dealkylation sites (N-methyl/N-ethyl adjacent to an activating group) is 1. The van der Waals surface area contributed by atoms with Crippen LogP contribution in [0.1, 0.15) is 43.7 Å². The molecule has 1 aromatic carbocycles. The van der Waals surface area contributed by atoms with Crippen LogP contribution in [-0.4, -0.2) is 25.0 Å². The Morgan fingerprint density at radius 3 is 2.68 bits per heavy atom. The highest BCUT2D eigenvalue weighted by molar-refractivity contribution is 9.10. The van der Waals surface area contributed by atoms with E-state index in [2.05, 4.69) is 52.1 Å². The molecule has 2 nitrogen and oxygen atoms in total. The lowest BCUT2D eigenvalue weighted by molar-refractivity contribution is 0.185. The molecule has 1 atom stereocenters. The molecule has 2 rings (SSSR count). The summed E-state index contributed by atoms with van der Waals surface area (Å²) in [5.74, 6) is 0.861. The predicted octanol–water partition coefficient (Wildman–Crippen LogP) is 3.96. The van der Waals surface area contributed by atoms with Gasteiger partial charge >= 0.3 is 0 Å². The summed E-state index contributed by atoms with van der Waals surface area (Å²) in [5, 5.41) is 0. The molecule has 0 heterocycles. The molecule has 1 unspecified atom stereocenters. The zero-order valence-electron chi connectivity index (χ0n) is 11.8. The molecule has 1 aliphatic carbocycles. The van der Waals surface area contributed by atoms with E-state index in [1.807, 2.05) is 0 Å². The SMILES string of the molecule is CN(CC1CCCCC1)C(CN)c1cccc(Br)c1. The minimum atomic E-state index is 0.333. The number of nitrogens with two attached hydrogens (primary N) is 1. The van der Waals surface area contributed by atoms with Gasteiger partial charge in [-0.25, -0.2) is 0 Å². The number of rotatable bonds is 5. The molecule has 106 valence electrons. The first-order valence-corrected chi connectivity index (χ1v) is 8.15. The second kappa shape index (κ2) is 7.41. The maximum atomic E-state index is 6.00. The van der Waals surface area contributed by atoms with E-state index in [4.69, 9.17) is 5.73 Å². The third-order valence-electron chi connectivity index (χ3n) is 4.26. The number of nitrogens with zero attached hydrogens (tertiary/aromatic N) is 1. The van der Waals surface area contributed by atoms with Crippen LogP contribution in [0, 0.1) is 5.92 Å². The molecule has 19 heavy (non-hydrogen) atoms. The van der Waals surface area contributed by atoms with Crippen molar-refractivity contribution in [1.82, 2.24) is 4.90 Å². The number of hydrogen-bond donors (Lipinski definition) is 1. The lowest BCUT2D eigenvalue weighted by Gasteiger charge is -2.32. The fourth-order valence-electron chi connectivity index (χ4n) is 3.19. The molecule has 1 aromatic rings. The normalized spacial score (nSPS) is 18.7. The van der Waals surface area contributed by atoms with Crippen molar-refractivity contribution in [3.8, 4) is 0 Å². The third-order valence-corrected chi connectivity index (χ3v) is 4.75. The van der Waals surface area contributed by atoms with Crippen LogP contribution in [0.25, 0.3) is 0 Å². The molecule has 0 radical (unpaired) electrons. The van der Waals surface area contributed by atoms with E-state index in [1.165, 1.54) is 44.2 Å². The molecule has 0 bridgehead atoms. The summed E-state index contributed by atoms with van der Waals surface area (Å²) >= 11 is 3.55. The van der Waals surface area contributed by atoms with Crippen LogP contribution in [0.15, 0.2) is 28.7 Å². The summed E-state index contributed by atoms with van der Waals surface area (Å²) in [7, 11) is 2.22. The second-order valence-corrected chi connectivity index (χ2v) is 6.67. The Kier molecular flexibility index (Phi) is 5.86. The Hall–Kier alpha value is -0.380. The first-order valence-electron chi connectivity index (χ1n) is 7.36. The molecule has 2 N–H and O–H groups in total. The molecule has 0 saturated heterocycles. The summed E-state index contributed by atoms with van der Waals surface area (Å²) in [6.45, 7) is 1.86. The highest BCUT2D eigenvalue weighted by Crippen LogP contribution is 2.28. The Bertz CT molecular complexity index is 388. The fourth-order valence-corrected chi connectivity index (χ4v) is 3.61. The maximum absolute atomic E-state index is 6.00. The van der Waals surface area contributed by atoms with Crippen molar-refractivity contribution in [1.29, 1.82) is 0 Å². The monoisotopic (exact) mass is 324 g/mol. The summed E-state index contributed by atoms with van der Waals surface area (Å²) in [4.78, 5) is 2.44. The quantitative estimate of drug-likeness (QED) is 0.888. The van der Waals surface area contributed by atoms with Crippen molar-refractivity contribution in [3.63, 3.8) is 0 Å². The van der Waals surface area contributed by atoms with E-state index in [9.17, 15) is 0 Å². The summed E-state index contributed by atoms with van der Waals surface area (Å²) in [6.07, 6.45) is 7.01. The van der Waals surface area contributed by atoms with E-state index in [-0.39, 0.29) is 0 Å². The first-order chi connectivity index (χ1) is 9.20. The Balaban J connectivity index is 1.99. The van der Waals surface area contributed by atoms with Crippen LogP contribution in [0.5, 0.6) is 0 Å². The lowest BCUT2D eigenvalue weighted by atomic mass is 9.88. The van der Waals surface area contributed by atoms with Gasteiger partial charge in [-0.05, 0) is 43.5 Å². The van der Waals surface area contributed by atoms with Gasteiger partial charge < -0.3 is 5.73 Å². The van der Waals surface area contributed by atoms with Gasteiger partial charge in [0.1, 0.15) is 0 Å². The maximum Gasteiger partial charge on any atom is 0.0467 e. The topological polar surface area (TPSA) is 29.3 Å². The van der Waals surface area contributed by atoms with Crippen molar-refractivity contribution >= 4 is 15.9 Å². The number of benzene rings is 1. The molecule has 1 fully saturated rings. The molecule has 1 saturated carbocycles. The van der Waals surface area contributed by atoms with Gasteiger partial charge in [-0.15, -0.1) is 0 Å². The average molecular weight is 325 g/mol. The van der Waals surface area contributed by atoms with Crippen LogP contribution >= 0.6 is 15.9 Å². The van der Waals surface area contributed by atoms with Crippen LogP contribution in [0.4, 0.5) is 0 Å². The van der Waals surface area contributed by atoms with E-state index < -0.39 is 0 Å². The minimum Gasteiger partial charge on any atom is -0.329 e. The largest absolute Gasteiger partial charge is 0.329 e. The second-order valence-electron chi connectivity index (χ2n) is 5.75. The van der Waals surface area contributed by atoms with E-state index in [0.717, 1.165) is 10.4 Å². The zero-order valence-corrected chi connectivity index (χ0v) is 13.4. The van der Waals surface area contributed by atoms with Crippen molar-refractivity contribution in [2.24, 2.45) is 11.7 Å². The number of halogens is 1. The predicted molar refractivity (Wildman–Crippen MR) is 85.1 cm³/mol. The highest BCUT2D eigenvalue weighted by atomic mass is 79.9. The smallest absolute Gasteiger partial charge is 0.0467 e. The van der Waals surface area contributed by atoms with Gasteiger partial charge in [-0.1, -0.05) is 47.3 Å². The summed E-state index contributed by atoms with van der Waals surface area (Å²) in [6, 6.07) is 8.86. The molecule has 0 amide bonds. The molecule has 0 aromatic heterocycles. The van der Waals surface area contributed by atoms with Crippen LogP contribution in [0.2, 0.25) is 0 Å². The Morgan fingerprint density at radius 1 is 1.32 bits per heavy atom. The van der Waals surface area contributed by atoms with Gasteiger partial charge in [0.25, 0.3) is 0 Å². The zero-order chi connectivity index (χ0) is 13.7. The van der Waals surface area contributed by atoms with E-state index in [1.54, 1.807) is 0 Å². The van der Waals surface area contributed by atoms with E-state index in [0.29, 0.717) is 12.6 Å². The average Bonchev–Trinajstić information content (AvgIpc) is 2.41. The van der Waals surface area contributed by atoms with Crippen LogP contribution < -0.4 is 5.73 Å². The van der Waals surface area contributed by atoms with E-state index >= 15 is 0 Å². The van der Waals surface area contributed by atoms with Gasteiger partial charge in [0.05, 0.1) is 0 Å². The van der Waals surface area contributed by atoms with Gasteiger partial charge in [0.15, 0.2) is 0 Å². The van der Waals surface area contributed by atoms with Crippen molar-refractivity contribution in [2.45, 2.75) is 38.1 Å². The lowest BCUT2D eigenvalue weighted by Crippen LogP contribution is -2.34. The molecule has 0 spiro atoms. The summed E-state index contributed by atoms with van der Waals surface area (Å²) < 4.78 is 1.13.